The number of nitrogens with two attached hydrogens (primary N) is 1. The lowest BCUT2D eigenvalue weighted by Gasteiger charge is -2.05. The molecule has 0 amide bonds. The van der Waals surface area contributed by atoms with Crippen molar-refractivity contribution >= 4 is 17.0 Å². The van der Waals surface area contributed by atoms with Gasteiger partial charge in [0, 0.05) is 6.20 Å². The Morgan fingerprint density at radius 2 is 2.11 bits per heavy atom. The van der Waals surface area contributed by atoms with Crippen LogP contribution >= 0.6 is 0 Å². The van der Waals surface area contributed by atoms with Crippen LogP contribution in [0.1, 0.15) is 11.3 Å². The van der Waals surface area contributed by atoms with Crippen molar-refractivity contribution in [3.8, 4) is 0 Å². The summed E-state index contributed by atoms with van der Waals surface area (Å²) in [6, 6.07) is 9.84. The van der Waals surface area contributed by atoms with Gasteiger partial charge in [0.15, 0.2) is 0 Å². The minimum atomic E-state index is 0.505. The van der Waals surface area contributed by atoms with Gasteiger partial charge in [-0.2, -0.15) is 10.2 Å². The molecule has 0 saturated carbocycles. The minimum absolute atomic E-state index is 0.505. The molecule has 0 unspecified atom stereocenters. The summed E-state index contributed by atoms with van der Waals surface area (Å²) in [7, 11) is 0. The maximum atomic E-state index is 5.97. The Morgan fingerprint density at radius 1 is 1.22 bits per heavy atom. The molecule has 18 heavy (non-hydrogen) atoms. The Labute approximate surface area is 104 Å². The number of fused-ring (bicyclic) bond motifs is 1. The number of anilines is 1. The molecule has 3 aromatic rings. The van der Waals surface area contributed by atoms with Crippen LogP contribution in [-0.2, 0) is 6.54 Å². The fourth-order valence-corrected chi connectivity index (χ4v) is 2.05. The standard InChI is InChI=1S/C13H13N5/c1-9-4-2-6-11-12(9)16-13(14)18(11)8-10-5-3-7-15-17-10/h2-7H,8H2,1H3,(H2,14,16). The molecule has 5 heteroatoms. The Balaban J connectivity index is 2.12. The summed E-state index contributed by atoms with van der Waals surface area (Å²) in [5, 5.41) is 7.94. The first-order valence-electron chi connectivity index (χ1n) is 5.73. The molecule has 2 heterocycles. The predicted octanol–water partition coefficient (Wildman–Crippen LogP) is 1.77. The summed E-state index contributed by atoms with van der Waals surface area (Å²) >= 11 is 0. The molecule has 0 saturated heterocycles. The van der Waals surface area contributed by atoms with Gasteiger partial charge in [-0.05, 0) is 30.7 Å². The highest BCUT2D eigenvalue weighted by molar-refractivity contribution is 5.81. The van der Waals surface area contributed by atoms with Crippen molar-refractivity contribution in [2.45, 2.75) is 13.5 Å². The highest BCUT2D eigenvalue weighted by atomic mass is 15.2. The van der Waals surface area contributed by atoms with Crippen LogP contribution in [0.25, 0.3) is 11.0 Å². The number of benzene rings is 1. The van der Waals surface area contributed by atoms with Crippen molar-refractivity contribution in [2.75, 3.05) is 5.73 Å². The number of imidazole rings is 1. The third-order valence-corrected chi connectivity index (χ3v) is 2.96. The first-order valence-corrected chi connectivity index (χ1v) is 5.73. The van der Waals surface area contributed by atoms with E-state index in [1.165, 1.54) is 0 Å². The van der Waals surface area contributed by atoms with Crippen molar-refractivity contribution < 1.29 is 0 Å². The van der Waals surface area contributed by atoms with Crippen LogP contribution in [0.5, 0.6) is 0 Å². The van der Waals surface area contributed by atoms with Gasteiger partial charge in [0.1, 0.15) is 0 Å². The molecule has 0 aliphatic carbocycles. The number of aromatic nitrogens is 4. The lowest BCUT2D eigenvalue weighted by Crippen LogP contribution is -2.06. The van der Waals surface area contributed by atoms with E-state index in [1.54, 1.807) is 6.20 Å². The van der Waals surface area contributed by atoms with Crippen LogP contribution in [0.3, 0.4) is 0 Å². The molecule has 0 aliphatic heterocycles. The van der Waals surface area contributed by atoms with Crippen LogP contribution < -0.4 is 5.73 Å². The zero-order chi connectivity index (χ0) is 12.5. The van der Waals surface area contributed by atoms with E-state index in [0.717, 1.165) is 22.3 Å². The maximum absolute atomic E-state index is 5.97. The summed E-state index contributed by atoms with van der Waals surface area (Å²) in [4.78, 5) is 4.40. The molecule has 5 nitrogen and oxygen atoms in total. The van der Waals surface area contributed by atoms with E-state index in [1.807, 2.05) is 41.8 Å². The summed E-state index contributed by atoms with van der Waals surface area (Å²) in [6.45, 7) is 2.61. The molecular formula is C13H13N5. The SMILES string of the molecule is Cc1cccc2c1nc(N)n2Cc1cccnn1. The van der Waals surface area contributed by atoms with E-state index >= 15 is 0 Å². The highest BCUT2D eigenvalue weighted by Gasteiger charge is 2.10. The van der Waals surface area contributed by atoms with E-state index in [4.69, 9.17) is 5.73 Å². The number of rotatable bonds is 2. The van der Waals surface area contributed by atoms with Gasteiger partial charge in [0.05, 0.1) is 23.3 Å². The average molecular weight is 239 g/mol. The Bertz CT molecular complexity index is 687. The number of nitrogens with zero attached hydrogens (tertiary/aromatic N) is 4. The summed E-state index contributed by atoms with van der Waals surface area (Å²) in [5.74, 6) is 0.505. The molecule has 2 aromatic heterocycles. The van der Waals surface area contributed by atoms with Gasteiger partial charge >= 0.3 is 0 Å². The quantitative estimate of drug-likeness (QED) is 0.739. The van der Waals surface area contributed by atoms with Crippen LogP contribution in [-0.4, -0.2) is 19.7 Å². The number of hydrogen-bond donors (Lipinski definition) is 1. The monoisotopic (exact) mass is 239 g/mol. The topological polar surface area (TPSA) is 69.6 Å². The van der Waals surface area contributed by atoms with Crippen LogP contribution in [0.15, 0.2) is 36.5 Å². The molecular weight excluding hydrogens is 226 g/mol. The number of aryl methyl sites for hydroxylation is 1. The van der Waals surface area contributed by atoms with Crippen LogP contribution in [0.2, 0.25) is 0 Å². The van der Waals surface area contributed by atoms with Gasteiger partial charge in [-0.1, -0.05) is 12.1 Å². The summed E-state index contributed by atoms with van der Waals surface area (Å²) in [5.41, 5.74) is 9.93. The number of nitrogen functional groups attached to an aromatic ring is 1. The van der Waals surface area contributed by atoms with Crippen LogP contribution in [0.4, 0.5) is 5.95 Å². The molecule has 0 fully saturated rings. The van der Waals surface area contributed by atoms with Gasteiger partial charge in [0.25, 0.3) is 0 Å². The zero-order valence-corrected chi connectivity index (χ0v) is 10.0. The van der Waals surface area contributed by atoms with Crippen molar-refractivity contribution in [3.63, 3.8) is 0 Å². The normalized spacial score (nSPS) is 10.9. The predicted molar refractivity (Wildman–Crippen MR) is 70.0 cm³/mol. The lowest BCUT2D eigenvalue weighted by molar-refractivity contribution is 0.782. The largest absolute Gasteiger partial charge is 0.369 e. The molecule has 0 aliphatic rings. The van der Waals surface area contributed by atoms with Crippen molar-refractivity contribution in [3.05, 3.63) is 47.8 Å². The fraction of sp³-hybridized carbons (Fsp3) is 0.154. The Kier molecular flexibility index (Phi) is 2.44. The first kappa shape index (κ1) is 10.7. The fourth-order valence-electron chi connectivity index (χ4n) is 2.05. The molecule has 0 spiro atoms. The first-order chi connectivity index (χ1) is 8.75. The van der Waals surface area contributed by atoms with E-state index in [9.17, 15) is 0 Å². The van der Waals surface area contributed by atoms with Gasteiger partial charge in [-0.25, -0.2) is 4.98 Å². The third-order valence-electron chi connectivity index (χ3n) is 2.96. The minimum Gasteiger partial charge on any atom is -0.369 e. The molecule has 0 radical (unpaired) electrons. The molecule has 0 atom stereocenters. The van der Waals surface area contributed by atoms with E-state index in [-0.39, 0.29) is 0 Å². The second kappa shape index (κ2) is 4.10. The summed E-state index contributed by atoms with van der Waals surface area (Å²) < 4.78 is 1.95. The van der Waals surface area contributed by atoms with E-state index < -0.39 is 0 Å². The van der Waals surface area contributed by atoms with Crippen LogP contribution in [0, 0.1) is 6.92 Å². The van der Waals surface area contributed by atoms with Crippen molar-refractivity contribution in [2.24, 2.45) is 0 Å². The zero-order valence-electron chi connectivity index (χ0n) is 10.0. The van der Waals surface area contributed by atoms with Gasteiger partial charge in [-0.15, -0.1) is 0 Å². The molecule has 2 N–H and O–H groups in total. The van der Waals surface area contributed by atoms with E-state index in [2.05, 4.69) is 15.2 Å². The number of para-hydroxylation sites is 1. The maximum Gasteiger partial charge on any atom is 0.201 e. The molecule has 0 bridgehead atoms. The molecule has 90 valence electrons. The highest BCUT2D eigenvalue weighted by Crippen LogP contribution is 2.21. The van der Waals surface area contributed by atoms with Crippen molar-refractivity contribution in [1.29, 1.82) is 0 Å². The smallest absolute Gasteiger partial charge is 0.201 e. The Morgan fingerprint density at radius 3 is 2.89 bits per heavy atom. The second-order valence-corrected chi connectivity index (χ2v) is 4.21. The third kappa shape index (κ3) is 1.69. The Hall–Kier alpha value is -2.43. The summed E-state index contributed by atoms with van der Waals surface area (Å²) in [6.07, 6.45) is 1.66. The van der Waals surface area contributed by atoms with Gasteiger partial charge < -0.3 is 10.3 Å². The average Bonchev–Trinajstić information content (AvgIpc) is 2.70. The van der Waals surface area contributed by atoms with E-state index in [0.29, 0.717) is 12.5 Å². The molecule has 3 rings (SSSR count). The lowest BCUT2D eigenvalue weighted by atomic mass is 10.2. The van der Waals surface area contributed by atoms with Gasteiger partial charge in [0.2, 0.25) is 5.95 Å². The number of hydrogen-bond acceptors (Lipinski definition) is 4. The molecule has 1 aromatic carbocycles. The van der Waals surface area contributed by atoms with Crippen molar-refractivity contribution in [1.82, 2.24) is 19.7 Å². The van der Waals surface area contributed by atoms with Gasteiger partial charge in [-0.3, -0.25) is 0 Å². The second-order valence-electron chi connectivity index (χ2n) is 4.21.